The van der Waals surface area contributed by atoms with Crippen LogP contribution in [0.1, 0.15) is 158 Å². The van der Waals surface area contributed by atoms with E-state index in [9.17, 15) is 15.3 Å². The molecule has 3 heteroatoms. The minimum Gasteiger partial charge on any atom is -0.507 e. The highest BCUT2D eigenvalue weighted by Crippen LogP contribution is 2.50. The van der Waals surface area contributed by atoms with Crippen molar-refractivity contribution < 1.29 is 15.3 Å². The Morgan fingerprint density at radius 3 is 0.647 bits per heavy atom. The first kappa shape index (κ1) is 40.1. The quantitative estimate of drug-likeness (QED) is 0.200. The smallest absolute Gasteiger partial charge is 0.123 e. The molecule has 0 bridgehead atoms. The lowest BCUT2D eigenvalue weighted by molar-refractivity contribution is 0.423. The second kappa shape index (κ2) is 12.7. The molecule has 0 saturated heterocycles. The largest absolute Gasteiger partial charge is 0.507 e. The second-order valence-corrected chi connectivity index (χ2v) is 21.0. The van der Waals surface area contributed by atoms with Crippen LogP contribution in [0.15, 0.2) is 54.6 Å². The SMILES string of the molecule is CC(C)(C)c1ccc(-c2cc(-c3ccc(C(C)(C)C)c(O)c3C(C)(C)C)cc(-c3ccc(C(C)(C)C)c(O)c3C(C)(C)C)c2)c(C(C)(C)C)c1O. The van der Waals surface area contributed by atoms with E-state index in [1.807, 2.05) is 0 Å². The molecule has 0 aliphatic heterocycles. The molecule has 0 radical (unpaired) electrons. The van der Waals surface area contributed by atoms with Crippen LogP contribution >= 0.6 is 0 Å². The zero-order valence-corrected chi connectivity index (χ0v) is 35.0. The molecule has 3 nitrogen and oxygen atoms in total. The number of hydrogen-bond donors (Lipinski definition) is 3. The summed E-state index contributed by atoms with van der Waals surface area (Å²) < 4.78 is 0. The number of hydrogen-bond acceptors (Lipinski definition) is 3. The lowest BCUT2D eigenvalue weighted by Gasteiger charge is -2.31. The van der Waals surface area contributed by atoms with Crippen LogP contribution in [0.5, 0.6) is 17.2 Å². The topological polar surface area (TPSA) is 60.7 Å². The summed E-state index contributed by atoms with van der Waals surface area (Å²) in [6.07, 6.45) is 0. The van der Waals surface area contributed by atoms with Gasteiger partial charge in [-0.15, -0.1) is 0 Å². The third-order valence-corrected chi connectivity index (χ3v) is 10.1. The maximum absolute atomic E-state index is 12.0. The van der Waals surface area contributed by atoms with E-state index in [4.69, 9.17) is 0 Å². The third kappa shape index (κ3) is 7.88. The van der Waals surface area contributed by atoms with Gasteiger partial charge in [-0.05, 0) is 101 Å². The molecule has 0 fully saturated rings. The molecule has 276 valence electrons. The number of phenols is 3. The van der Waals surface area contributed by atoms with Crippen molar-refractivity contribution in [3.8, 4) is 50.6 Å². The summed E-state index contributed by atoms with van der Waals surface area (Å²) in [5.74, 6) is 1.01. The summed E-state index contributed by atoms with van der Waals surface area (Å²) in [5, 5.41) is 36.0. The zero-order chi connectivity index (χ0) is 39.0. The summed E-state index contributed by atoms with van der Waals surface area (Å²) in [7, 11) is 0. The Bertz CT molecular complexity index is 1710. The molecule has 0 aliphatic rings. The Morgan fingerprint density at radius 1 is 0.294 bits per heavy atom. The van der Waals surface area contributed by atoms with Gasteiger partial charge in [-0.1, -0.05) is 161 Å². The van der Waals surface area contributed by atoms with E-state index in [1.54, 1.807) is 0 Å². The fraction of sp³-hybridized carbons (Fsp3) is 0.500. The van der Waals surface area contributed by atoms with Crippen LogP contribution < -0.4 is 0 Å². The van der Waals surface area contributed by atoms with Gasteiger partial charge in [0.05, 0.1) is 0 Å². The molecule has 0 unspecified atom stereocenters. The van der Waals surface area contributed by atoms with Crippen molar-refractivity contribution in [2.24, 2.45) is 0 Å². The summed E-state index contributed by atoms with van der Waals surface area (Å²) in [5.41, 5.74) is 9.51. The molecule has 0 atom stereocenters. The first-order valence-electron chi connectivity index (χ1n) is 18.6. The van der Waals surface area contributed by atoms with Crippen LogP contribution in [-0.4, -0.2) is 15.3 Å². The third-order valence-electron chi connectivity index (χ3n) is 10.1. The fourth-order valence-electron chi connectivity index (χ4n) is 7.68. The molecule has 4 aromatic rings. The van der Waals surface area contributed by atoms with Gasteiger partial charge < -0.3 is 15.3 Å². The average Bonchev–Trinajstić information content (AvgIpc) is 2.92. The van der Waals surface area contributed by atoms with Gasteiger partial charge in [-0.2, -0.15) is 0 Å². The van der Waals surface area contributed by atoms with Crippen LogP contribution in [-0.2, 0) is 32.5 Å². The monoisotopic (exact) mass is 691 g/mol. The van der Waals surface area contributed by atoms with Gasteiger partial charge in [0.1, 0.15) is 17.2 Å². The zero-order valence-electron chi connectivity index (χ0n) is 35.0. The van der Waals surface area contributed by atoms with E-state index < -0.39 is 0 Å². The van der Waals surface area contributed by atoms with Crippen LogP contribution in [0, 0.1) is 0 Å². The van der Waals surface area contributed by atoms with E-state index in [0.717, 1.165) is 66.8 Å². The van der Waals surface area contributed by atoms with E-state index in [-0.39, 0.29) is 32.5 Å². The molecule has 0 heterocycles. The Balaban J connectivity index is 2.26. The Hall–Kier alpha value is -3.72. The molecule has 4 rings (SSSR count). The maximum Gasteiger partial charge on any atom is 0.123 e. The molecule has 3 N–H and O–H groups in total. The molecular formula is C48H66O3. The maximum atomic E-state index is 12.0. The average molecular weight is 691 g/mol. The summed E-state index contributed by atoms with van der Waals surface area (Å²) in [6.45, 7) is 38.6. The van der Waals surface area contributed by atoms with Crippen molar-refractivity contribution >= 4 is 0 Å². The predicted molar refractivity (Wildman–Crippen MR) is 220 cm³/mol. The standard InChI is InChI=1S/C48H66O3/c1-43(2,3)34-22-19-31(37(40(34)49)46(10,11)12)28-25-29(32-20-23-35(44(4,5)6)41(50)38(32)47(13,14)15)27-30(26-28)33-21-24-36(45(7,8)9)42(51)39(33)48(16,17)18/h19-27,49-51H,1-18H3. The molecule has 0 aliphatic carbocycles. The lowest BCUT2D eigenvalue weighted by Crippen LogP contribution is -2.19. The van der Waals surface area contributed by atoms with Crippen LogP contribution in [0.25, 0.3) is 33.4 Å². The molecule has 0 aromatic heterocycles. The predicted octanol–water partition coefficient (Wildman–Crippen LogP) is 13.6. The van der Waals surface area contributed by atoms with E-state index in [0.29, 0.717) is 17.2 Å². The van der Waals surface area contributed by atoms with Gasteiger partial charge in [-0.3, -0.25) is 0 Å². The summed E-state index contributed by atoms with van der Waals surface area (Å²) in [6, 6.07) is 19.4. The van der Waals surface area contributed by atoms with Gasteiger partial charge in [0.2, 0.25) is 0 Å². The first-order valence-corrected chi connectivity index (χ1v) is 18.6. The van der Waals surface area contributed by atoms with Gasteiger partial charge in [-0.25, -0.2) is 0 Å². The fourth-order valence-corrected chi connectivity index (χ4v) is 7.68. The van der Waals surface area contributed by atoms with Crippen molar-refractivity contribution in [2.45, 2.75) is 157 Å². The highest BCUT2D eigenvalue weighted by Gasteiger charge is 2.33. The van der Waals surface area contributed by atoms with E-state index >= 15 is 0 Å². The van der Waals surface area contributed by atoms with Gasteiger partial charge in [0.15, 0.2) is 0 Å². The molecule has 51 heavy (non-hydrogen) atoms. The number of benzene rings is 4. The summed E-state index contributed by atoms with van der Waals surface area (Å²) in [4.78, 5) is 0. The molecular weight excluding hydrogens is 625 g/mol. The van der Waals surface area contributed by atoms with Gasteiger partial charge >= 0.3 is 0 Å². The van der Waals surface area contributed by atoms with Crippen molar-refractivity contribution in [2.75, 3.05) is 0 Å². The van der Waals surface area contributed by atoms with Gasteiger partial charge in [0.25, 0.3) is 0 Å². The molecule has 0 saturated carbocycles. The number of phenolic OH excluding ortho intramolecular Hbond substituents is 3. The minimum atomic E-state index is -0.358. The molecule has 0 spiro atoms. The Morgan fingerprint density at radius 2 is 0.490 bits per heavy atom. The van der Waals surface area contributed by atoms with Gasteiger partial charge in [0, 0.05) is 16.7 Å². The molecule has 0 amide bonds. The highest BCUT2D eigenvalue weighted by atomic mass is 16.3. The number of aromatic hydroxyl groups is 3. The lowest BCUT2D eigenvalue weighted by atomic mass is 9.73. The van der Waals surface area contributed by atoms with Crippen LogP contribution in [0.4, 0.5) is 0 Å². The van der Waals surface area contributed by atoms with Crippen molar-refractivity contribution in [3.05, 3.63) is 88.0 Å². The van der Waals surface area contributed by atoms with Crippen LogP contribution in [0.2, 0.25) is 0 Å². The van der Waals surface area contributed by atoms with Crippen molar-refractivity contribution in [1.82, 2.24) is 0 Å². The Labute approximate surface area is 310 Å². The van der Waals surface area contributed by atoms with Crippen molar-refractivity contribution in [3.63, 3.8) is 0 Å². The summed E-state index contributed by atoms with van der Waals surface area (Å²) >= 11 is 0. The highest BCUT2D eigenvalue weighted by molar-refractivity contribution is 5.87. The first-order chi connectivity index (χ1) is 22.9. The van der Waals surface area contributed by atoms with E-state index in [2.05, 4.69) is 179 Å². The number of rotatable bonds is 3. The normalized spacial score (nSPS) is 13.5. The van der Waals surface area contributed by atoms with Crippen LogP contribution in [0.3, 0.4) is 0 Å². The minimum absolute atomic E-state index is 0.239. The van der Waals surface area contributed by atoms with Crippen molar-refractivity contribution in [1.29, 1.82) is 0 Å². The van der Waals surface area contributed by atoms with E-state index in [1.165, 1.54) is 0 Å². The Kier molecular flexibility index (Phi) is 10.0. The second-order valence-electron chi connectivity index (χ2n) is 21.0. The molecule has 4 aromatic carbocycles.